The van der Waals surface area contributed by atoms with Gasteiger partial charge in [0.2, 0.25) is 0 Å². The fourth-order valence-electron chi connectivity index (χ4n) is 0.990. The van der Waals surface area contributed by atoms with Crippen LogP contribution in [0, 0.1) is 0 Å². The van der Waals surface area contributed by atoms with Gasteiger partial charge in [0, 0.05) is 0 Å². The molecule has 0 N–H and O–H groups in total. The maximum Gasteiger partial charge on any atom is 0.142 e. The SMILES string of the molecule is COc1ccccc1SC(C)C(C)=O. The van der Waals surface area contributed by atoms with Gasteiger partial charge in [0.05, 0.1) is 17.3 Å². The molecule has 0 aliphatic carbocycles. The molecule has 3 heteroatoms. The Labute approximate surface area is 88.7 Å². The quantitative estimate of drug-likeness (QED) is 0.715. The van der Waals surface area contributed by atoms with Crippen molar-refractivity contribution in [3.63, 3.8) is 0 Å². The van der Waals surface area contributed by atoms with Gasteiger partial charge in [-0.1, -0.05) is 12.1 Å². The van der Waals surface area contributed by atoms with E-state index in [0.717, 1.165) is 10.6 Å². The Morgan fingerprint density at radius 1 is 1.43 bits per heavy atom. The first-order chi connectivity index (χ1) is 6.65. The maximum atomic E-state index is 11.1. The van der Waals surface area contributed by atoms with Gasteiger partial charge in [-0.15, -0.1) is 11.8 Å². The van der Waals surface area contributed by atoms with Gasteiger partial charge in [-0.2, -0.15) is 0 Å². The largest absolute Gasteiger partial charge is 0.496 e. The summed E-state index contributed by atoms with van der Waals surface area (Å²) in [6.07, 6.45) is 0. The van der Waals surface area contributed by atoms with Crippen LogP contribution < -0.4 is 4.74 Å². The molecule has 1 aromatic carbocycles. The molecule has 76 valence electrons. The summed E-state index contributed by atoms with van der Waals surface area (Å²) >= 11 is 1.53. The molecule has 0 radical (unpaired) electrons. The highest BCUT2D eigenvalue weighted by molar-refractivity contribution is 8.00. The standard InChI is InChI=1S/C11H14O2S/c1-8(12)9(2)14-11-7-5-4-6-10(11)13-3/h4-7,9H,1-3H3. The highest BCUT2D eigenvalue weighted by Crippen LogP contribution is 2.31. The molecule has 0 bridgehead atoms. The van der Waals surface area contributed by atoms with Gasteiger partial charge in [-0.3, -0.25) is 4.79 Å². The lowest BCUT2D eigenvalue weighted by Gasteiger charge is -2.10. The predicted molar refractivity (Wildman–Crippen MR) is 59.0 cm³/mol. The van der Waals surface area contributed by atoms with Gasteiger partial charge in [-0.05, 0) is 26.0 Å². The number of methoxy groups -OCH3 is 1. The number of carbonyl (C=O) groups is 1. The third-order valence-electron chi connectivity index (χ3n) is 1.95. The molecule has 0 saturated heterocycles. The second-order valence-electron chi connectivity index (χ2n) is 3.02. The lowest BCUT2D eigenvalue weighted by molar-refractivity contribution is -0.116. The number of rotatable bonds is 4. The summed E-state index contributed by atoms with van der Waals surface area (Å²) in [6, 6.07) is 7.72. The molecular weight excluding hydrogens is 196 g/mol. The Morgan fingerprint density at radius 2 is 2.07 bits per heavy atom. The van der Waals surface area contributed by atoms with Crippen molar-refractivity contribution in [2.75, 3.05) is 7.11 Å². The van der Waals surface area contributed by atoms with Gasteiger partial charge in [0.1, 0.15) is 11.5 Å². The molecular formula is C11H14O2S. The molecule has 2 nitrogen and oxygen atoms in total. The van der Waals surface area contributed by atoms with Gasteiger partial charge in [0.15, 0.2) is 0 Å². The molecule has 1 unspecified atom stereocenters. The van der Waals surface area contributed by atoms with Crippen molar-refractivity contribution in [2.45, 2.75) is 24.0 Å². The maximum absolute atomic E-state index is 11.1. The molecule has 0 aromatic heterocycles. The van der Waals surface area contributed by atoms with Crippen molar-refractivity contribution < 1.29 is 9.53 Å². The third kappa shape index (κ3) is 2.77. The molecule has 1 rings (SSSR count). The van der Waals surface area contributed by atoms with E-state index in [1.807, 2.05) is 31.2 Å². The van der Waals surface area contributed by atoms with Crippen LogP contribution in [0.1, 0.15) is 13.8 Å². The Kier molecular flexibility index (Phi) is 4.01. The van der Waals surface area contributed by atoms with E-state index >= 15 is 0 Å². The minimum Gasteiger partial charge on any atom is -0.496 e. The van der Waals surface area contributed by atoms with Crippen molar-refractivity contribution in [1.29, 1.82) is 0 Å². The van der Waals surface area contributed by atoms with Crippen LogP contribution in [0.2, 0.25) is 0 Å². The third-order valence-corrected chi connectivity index (χ3v) is 3.22. The van der Waals surface area contributed by atoms with E-state index in [4.69, 9.17) is 4.74 Å². The van der Waals surface area contributed by atoms with Crippen LogP contribution >= 0.6 is 11.8 Å². The summed E-state index contributed by atoms with van der Waals surface area (Å²) in [6.45, 7) is 3.51. The number of ketones is 1. The highest BCUT2D eigenvalue weighted by Gasteiger charge is 2.11. The zero-order valence-corrected chi connectivity index (χ0v) is 9.43. The van der Waals surface area contributed by atoms with Crippen molar-refractivity contribution >= 4 is 17.5 Å². The molecule has 14 heavy (non-hydrogen) atoms. The van der Waals surface area contributed by atoms with Crippen molar-refractivity contribution in [3.8, 4) is 5.75 Å². The molecule has 1 aromatic rings. The van der Waals surface area contributed by atoms with Crippen LogP contribution in [-0.4, -0.2) is 18.1 Å². The monoisotopic (exact) mass is 210 g/mol. The van der Waals surface area contributed by atoms with Crippen molar-refractivity contribution in [3.05, 3.63) is 24.3 Å². The van der Waals surface area contributed by atoms with E-state index < -0.39 is 0 Å². The Hall–Kier alpha value is -0.960. The van der Waals surface area contributed by atoms with Crippen molar-refractivity contribution in [1.82, 2.24) is 0 Å². The predicted octanol–water partition coefficient (Wildman–Crippen LogP) is 2.76. The molecule has 0 saturated carbocycles. The van der Waals surface area contributed by atoms with Crippen LogP contribution in [-0.2, 0) is 4.79 Å². The zero-order chi connectivity index (χ0) is 10.6. The second kappa shape index (κ2) is 5.05. The van der Waals surface area contributed by atoms with Crippen LogP contribution in [0.15, 0.2) is 29.2 Å². The van der Waals surface area contributed by atoms with Gasteiger partial charge < -0.3 is 4.74 Å². The van der Waals surface area contributed by atoms with E-state index in [0.29, 0.717) is 0 Å². The van der Waals surface area contributed by atoms with Crippen molar-refractivity contribution in [2.24, 2.45) is 0 Å². The second-order valence-corrected chi connectivity index (χ2v) is 4.40. The number of thioether (sulfide) groups is 1. The molecule has 0 amide bonds. The fraction of sp³-hybridized carbons (Fsp3) is 0.364. The van der Waals surface area contributed by atoms with Crippen LogP contribution in [0.4, 0.5) is 0 Å². The van der Waals surface area contributed by atoms with E-state index in [2.05, 4.69) is 0 Å². The fourth-order valence-corrected chi connectivity index (χ4v) is 1.96. The van der Waals surface area contributed by atoms with E-state index in [1.54, 1.807) is 14.0 Å². The Morgan fingerprint density at radius 3 is 2.64 bits per heavy atom. The average molecular weight is 210 g/mol. The number of para-hydroxylation sites is 1. The molecule has 0 aliphatic heterocycles. The van der Waals surface area contributed by atoms with E-state index in [1.165, 1.54) is 11.8 Å². The first-order valence-corrected chi connectivity index (χ1v) is 5.33. The minimum absolute atomic E-state index is 0.0219. The van der Waals surface area contributed by atoms with E-state index in [9.17, 15) is 4.79 Å². The number of benzene rings is 1. The Balaban J connectivity index is 2.80. The summed E-state index contributed by atoms with van der Waals surface area (Å²) in [5.41, 5.74) is 0. The zero-order valence-electron chi connectivity index (χ0n) is 8.61. The molecule has 0 spiro atoms. The summed E-state index contributed by atoms with van der Waals surface area (Å²) in [5, 5.41) is -0.0219. The molecule has 0 fully saturated rings. The number of ether oxygens (including phenoxy) is 1. The topological polar surface area (TPSA) is 26.3 Å². The first kappa shape index (κ1) is 11.1. The first-order valence-electron chi connectivity index (χ1n) is 4.45. The smallest absolute Gasteiger partial charge is 0.142 e. The summed E-state index contributed by atoms with van der Waals surface area (Å²) < 4.78 is 5.19. The molecule has 0 heterocycles. The summed E-state index contributed by atoms with van der Waals surface area (Å²) in [7, 11) is 1.64. The normalized spacial score (nSPS) is 12.2. The number of hydrogen-bond acceptors (Lipinski definition) is 3. The van der Waals surface area contributed by atoms with Gasteiger partial charge in [-0.25, -0.2) is 0 Å². The number of hydrogen-bond donors (Lipinski definition) is 0. The summed E-state index contributed by atoms with van der Waals surface area (Å²) in [5.74, 6) is 1.01. The molecule has 0 aliphatic rings. The molecule has 1 atom stereocenters. The van der Waals surface area contributed by atoms with Crippen LogP contribution in [0.3, 0.4) is 0 Å². The summed E-state index contributed by atoms with van der Waals surface area (Å²) in [4.78, 5) is 12.1. The average Bonchev–Trinajstić information content (AvgIpc) is 2.18. The highest BCUT2D eigenvalue weighted by atomic mass is 32.2. The van der Waals surface area contributed by atoms with Crippen LogP contribution in [0.5, 0.6) is 5.75 Å². The minimum atomic E-state index is -0.0219. The van der Waals surface area contributed by atoms with Gasteiger partial charge >= 0.3 is 0 Å². The lowest BCUT2D eigenvalue weighted by atomic mass is 10.3. The lowest BCUT2D eigenvalue weighted by Crippen LogP contribution is -2.07. The Bertz CT molecular complexity index is 323. The number of carbonyl (C=O) groups excluding carboxylic acids is 1. The number of Topliss-reactive ketones (excluding diaryl/α,β-unsaturated/α-hetero) is 1. The van der Waals surface area contributed by atoms with Gasteiger partial charge in [0.25, 0.3) is 0 Å². The van der Waals surface area contributed by atoms with E-state index in [-0.39, 0.29) is 11.0 Å². The van der Waals surface area contributed by atoms with Crippen LogP contribution in [0.25, 0.3) is 0 Å².